The van der Waals surface area contributed by atoms with Crippen LogP contribution in [-0.2, 0) is 4.79 Å². The molecule has 0 bridgehead atoms. The lowest BCUT2D eigenvalue weighted by Crippen LogP contribution is -2.16. The highest BCUT2D eigenvalue weighted by Gasteiger charge is 2.23. The van der Waals surface area contributed by atoms with E-state index >= 15 is 0 Å². The van der Waals surface area contributed by atoms with Crippen molar-refractivity contribution in [2.24, 2.45) is 5.41 Å². The van der Waals surface area contributed by atoms with Crippen molar-refractivity contribution in [3.05, 3.63) is 34.9 Å². The molecule has 0 spiro atoms. The van der Waals surface area contributed by atoms with Gasteiger partial charge < -0.3 is 5.11 Å². The Kier molecular flexibility index (Phi) is 4.55. The van der Waals surface area contributed by atoms with E-state index in [9.17, 15) is 4.79 Å². The van der Waals surface area contributed by atoms with E-state index in [2.05, 4.69) is 52.8 Å². The Bertz CT molecular complexity index is 427. The summed E-state index contributed by atoms with van der Waals surface area (Å²) >= 11 is 0. The van der Waals surface area contributed by atoms with Gasteiger partial charge in [-0.2, -0.15) is 0 Å². The molecule has 0 amide bonds. The van der Waals surface area contributed by atoms with E-state index < -0.39 is 5.97 Å². The highest BCUT2D eigenvalue weighted by molar-refractivity contribution is 5.68. The molecule has 1 rings (SSSR count). The van der Waals surface area contributed by atoms with Gasteiger partial charge in [-0.25, -0.2) is 0 Å². The Hall–Kier alpha value is -1.31. The molecular weight excluding hydrogens is 224 g/mol. The van der Waals surface area contributed by atoms with Crippen LogP contribution in [0.4, 0.5) is 0 Å². The number of aryl methyl sites for hydroxylation is 2. The van der Waals surface area contributed by atoms with Crippen molar-refractivity contribution >= 4 is 5.97 Å². The number of carbonyl (C=O) groups is 1. The van der Waals surface area contributed by atoms with Gasteiger partial charge in [0.2, 0.25) is 0 Å². The molecule has 1 aromatic carbocycles. The third-order valence-corrected chi connectivity index (χ3v) is 3.14. The van der Waals surface area contributed by atoms with Crippen LogP contribution in [0.3, 0.4) is 0 Å². The minimum Gasteiger partial charge on any atom is -0.481 e. The minimum atomic E-state index is -0.718. The fourth-order valence-electron chi connectivity index (χ4n) is 2.53. The fraction of sp³-hybridized carbons (Fsp3) is 0.562. The highest BCUT2D eigenvalue weighted by atomic mass is 16.4. The van der Waals surface area contributed by atoms with Crippen LogP contribution in [0.5, 0.6) is 0 Å². The zero-order chi connectivity index (χ0) is 13.9. The summed E-state index contributed by atoms with van der Waals surface area (Å²) in [5, 5.41) is 9.09. The Morgan fingerprint density at radius 2 is 1.89 bits per heavy atom. The van der Waals surface area contributed by atoms with Gasteiger partial charge in [0.05, 0.1) is 6.42 Å². The lowest BCUT2D eigenvalue weighted by Gasteiger charge is -2.26. The van der Waals surface area contributed by atoms with Crippen LogP contribution < -0.4 is 0 Å². The maximum atomic E-state index is 11.0. The van der Waals surface area contributed by atoms with Gasteiger partial charge in [-0.3, -0.25) is 4.79 Å². The zero-order valence-corrected chi connectivity index (χ0v) is 12.1. The molecule has 0 aliphatic rings. The van der Waals surface area contributed by atoms with E-state index in [1.165, 1.54) is 16.7 Å². The number of carboxylic acid groups (broad SMARTS) is 1. The summed E-state index contributed by atoms with van der Waals surface area (Å²) in [5.74, 6) is -0.618. The number of carboxylic acids is 1. The van der Waals surface area contributed by atoms with E-state index in [-0.39, 0.29) is 17.8 Å². The van der Waals surface area contributed by atoms with Crippen molar-refractivity contribution < 1.29 is 9.90 Å². The predicted octanol–water partition coefficient (Wildman–Crippen LogP) is 4.30. The summed E-state index contributed by atoms with van der Waals surface area (Å²) in [6, 6.07) is 6.29. The molecule has 18 heavy (non-hydrogen) atoms. The molecule has 0 aromatic heterocycles. The van der Waals surface area contributed by atoms with Crippen LogP contribution in [0.2, 0.25) is 0 Å². The molecule has 1 N–H and O–H groups in total. The Balaban J connectivity index is 3.05. The van der Waals surface area contributed by atoms with Crippen molar-refractivity contribution in [1.29, 1.82) is 0 Å². The SMILES string of the molecule is Cc1ccc(C(CC(=O)O)CC(C)(C)C)c(C)c1. The van der Waals surface area contributed by atoms with E-state index in [0.29, 0.717) is 0 Å². The molecule has 0 saturated carbocycles. The molecule has 0 saturated heterocycles. The summed E-state index contributed by atoms with van der Waals surface area (Å²) in [7, 11) is 0. The largest absolute Gasteiger partial charge is 0.481 e. The first kappa shape index (κ1) is 14.7. The van der Waals surface area contributed by atoms with Crippen molar-refractivity contribution in [3.63, 3.8) is 0 Å². The molecule has 100 valence electrons. The molecule has 1 atom stereocenters. The lowest BCUT2D eigenvalue weighted by atomic mass is 9.78. The molecule has 2 nitrogen and oxygen atoms in total. The highest BCUT2D eigenvalue weighted by Crippen LogP contribution is 2.35. The second-order valence-electron chi connectivity index (χ2n) is 6.42. The summed E-state index contributed by atoms with van der Waals surface area (Å²) in [5.41, 5.74) is 3.74. The maximum absolute atomic E-state index is 11.0. The van der Waals surface area contributed by atoms with Gasteiger partial charge in [0.1, 0.15) is 0 Å². The van der Waals surface area contributed by atoms with Crippen LogP contribution >= 0.6 is 0 Å². The third-order valence-electron chi connectivity index (χ3n) is 3.14. The summed E-state index contributed by atoms with van der Waals surface area (Å²) in [6.45, 7) is 10.6. The Labute approximate surface area is 110 Å². The molecule has 0 fully saturated rings. The smallest absolute Gasteiger partial charge is 0.303 e. The van der Waals surface area contributed by atoms with Crippen molar-refractivity contribution in [2.45, 2.75) is 53.4 Å². The van der Waals surface area contributed by atoms with Crippen LogP contribution in [-0.4, -0.2) is 11.1 Å². The fourth-order valence-corrected chi connectivity index (χ4v) is 2.53. The van der Waals surface area contributed by atoms with E-state index in [1.807, 2.05) is 0 Å². The van der Waals surface area contributed by atoms with Crippen LogP contribution in [0.25, 0.3) is 0 Å². The first-order chi connectivity index (χ1) is 8.19. The van der Waals surface area contributed by atoms with E-state index in [0.717, 1.165) is 6.42 Å². The van der Waals surface area contributed by atoms with Gasteiger partial charge in [-0.1, -0.05) is 44.5 Å². The number of benzene rings is 1. The molecular formula is C16H24O2. The summed E-state index contributed by atoms with van der Waals surface area (Å²) in [6.07, 6.45) is 1.10. The molecule has 0 aliphatic heterocycles. The Morgan fingerprint density at radius 1 is 1.28 bits per heavy atom. The molecule has 1 unspecified atom stereocenters. The van der Waals surface area contributed by atoms with Crippen molar-refractivity contribution in [3.8, 4) is 0 Å². The third kappa shape index (κ3) is 4.52. The van der Waals surface area contributed by atoms with Crippen LogP contribution in [0, 0.1) is 19.3 Å². The second kappa shape index (κ2) is 5.55. The summed E-state index contributed by atoms with van der Waals surface area (Å²) in [4.78, 5) is 11.0. The average molecular weight is 248 g/mol. The summed E-state index contributed by atoms with van der Waals surface area (Å²) < 4.78 is 0. The molecule has 0 heterocycles. The van der Waals surface area contributed by atoms with Crippen molar-refractivity contribution in [1.82, 2.24) is 0 Å². The molecule has 0 radical (unpaired) electrons. The molecule has 0 aliphatic carbocycles. The van der Waals surface area contributed by atoms with Gasteiger partial charge in [0.15, 0.2) is 0 Å². The average Bonchev–Trinajstić information content (AvgIpc) is 2.12. The number of rotatable bonds is 4. The number of hydrogen-bond donors (Lipinski definition) is 1. The van der Waals surface area contributed by atoms with Gasteiger partial charge in [-0.15, -0.1) is 0 Å². The van der Waals surface area contributed by atoms with Crippen molar-refractivity contribution in [2.75, 3.05) is 0 Å². The van der Waals surface area contributed by atoms with Gasteiger partial charge in [0, 0.05) is 0 Å². The zero-order valence-electron chi connectivity index (χ0n) is 12.1. The first-order valence-corrected chi connectivity index (χ1v) is 6.48. The standard InChI is InChI=1S/C16H24O2/c1-11-6-7-14(12(2)8-11)13(9-15(17)18)10-16(3,4)5/h6-8,13H,9-10H2,1-5H3,(H,17,18). The molecule has 1 aromatic rings. The van der Waals surface area contributed by atoms with Gasteiger partial charge >= 0.3 is 5.97 Å². The van der Waals surface area contributed by atoms with E-state index in [4.69, 9.17) is 5.11 Å². The minimum absolute atomic E-state index is 0.100. The maximum Gasteiger partial charge on any atom is 0.303 e. The monoisotopic (exact) mass is 248 g/mol. The lowest BCUT2D eigenvalue weighted by molar-refractivity contribution is -0.137. The van der Waals surface area contributed by atoms with Gasteiger partial charge in [0.25, 0.3) is 0 Å². The normalized spacial score (nSPS) is 13.4. The number of aliphatic carboxylic acids is 1. The van der Waals surface area contributed by atoms with E-state index in [1.54, 1.807) is 0 Å². The van der Waals surface area contributed by atoms with Crippen LogP contribution in [0.15, 0.2) is 18.2 Å². The molecule has 2 heteroatoms. The second-order valence-corrected chi connectivity index (χ2v) is 6.42. The Morgan fingerprint density at radius 3 is 2.33 bits per heavy atom. The number of hydrogen-bond acceptors (Lipinski definition) is 1. The topological polar surface area (TPSA) is 37.3 Å². The quantitative estimate of drug-likeness (QED) is 0.862. The predicted molar refractivity (Wildman–Crippen MR) is 75.0 cm³/mol. The first-order valence-electron chi connectivity index (χ1n) is 6.48. The van der Waals surface area contributed by atoms with Crippen LogP contribution in [0.1, 0.15) is 56.2 Å². The van der Waals surface area contributed by atoms with Gasteiger partial charge in [-0.05, 0) is 42.7 Å².